The van der Waals surface area contributed by atoms with Crippen LogP contribution in [0.3, 0.4) is 0 Å². The van der Waals surface area contributed by atoms with Gasteiger partial charge < -0.3 is 15.8 Å². The molecule has 2 aromatic carbocycles. The highest BCUT2D eigenvalue weighted by Crippen LogP contribution is 2.26. The van der Waals surface area contributed by atoms with E-state index in [1.165, 1.54) is 5.39 Å². The predicted octanol–water partition coefficient (Wildman–Crippen LogP) is 3.97. The number of hydrogen-bond acceptors (Lipinski definition) is 5. The molecule has 0 radical (unpaired) electrons. The molecule has 0 spiro atoms. The van der Waals surface area contributed by atoms with Gasteiger partial charge in [-0.2, -0.15) is 0 Å². The molecule has 5 heteroatoms. The van der Waals surface area contributed by atoms with E-state index in [9.17, 15) is 4.79 Å². The Labute approximate surface area is 159 Å². The standard InChI is InChI=1S/C22H25N3O2/c1-3-17-14-16-7-5-6-8-19(16)21(24-17)25-18-11-9-15(10-12-18)13-20(23)22(26)27-4-2/h5-12,14,20H,3-4,13,23H2,1-2H3,(H,24,25)/t20-/m0/s1. The highest BCUT2D eigenvalue weighted by Gasteiger charge is 2.15. The number of ether oxygens (including phenoxy) is 1. The van der Waals surface area contributed by atoms with Gasteiger partial charge in [-0.1, -0.05) is 43.3 Å². The van der Waals surface area contributed by atoms with E-state index in [0.717, 1.165) is 34.6 Å². The summed E-state index contributed by atoms with van der Waals surface area (Å²) in [6.45, 7) is 4.21. The molecule has 3 rings (SSSR count). The summed E-state index contributed by atoms with van der Waals surface area (Å²) in [5.74, 6) is 0.479. The lowest BCUT2D eigenvalue weighted by Gasteiger charge is -2.13. The van der Waals surface area contributed by atoms with Crippen molar-refractivity contribution in [1.29, 1.82) is 0 Å². The van der Waals surface area contributed by atoms with E-state index in [2.05, 4.69) is 30.4 Å². The van der Waals surface area contributed by atoms with E-state index < -0.39 is 6.04 Å². The van der Waals surface area contributed by atoms with E-state index in [4.69, 9.17) is 15.5 Å². The van der Waals surface area contributed by atoms with Crippen molar-refractivity contribution in [3.63, 3.8) is 0 Å². The topological polar surface area (TPSA) is 77.2 Å². The molecule has 5 nitrogen and oxygen atoms in total. The van der Waals surface area contributed by atoms with Crippen molar-refractivity contribution in [2.45, 2.75) is 32.7 Å². The Morgan fingerprint density at radius 1 is 1.15 bits per heavy atom. The molecule has 0 aliphatic rings. The lowest BCUT2D eigenvalue weighted by atomic mass is 10.1. The molecule has 0 saturated heterocycles. The molecule has 1 aromatic heterocycles. The summed E-state index contributed by atoms with van der Waals surface area (Å²) >= 11 is 0. The molecule has 0 unspecified atom stereocenters. The molecule has 27 heavy (non-hydrogen) atoms. The van der Waals surface area contributed by atoms with Gasteiger partial charge in [0.25, 0.3) is 0 Å². The van der Waals surface area contributed by atoms with Crippen molar-refractivity contribution in [1.82, 2.24) is 4.98 Å². The number of aryl methyl sites for hydroxylation is 1. The van der Waals surface area contributed by atoms with E-state index >= 15 is 0 Å². The average Bonchev–Trinajstić information content (AvgIpc) is 2.69. The Kier molecular flexibility index (Phi) is 6.04. The summed E-state index contributed by atoms with van der Waals surface area (Å²) in [4.78, 5) is 16.4. The van der Waals surface area contributed by atoms with Gasteiger partial charge in [0.2, 0.25) is 0 Å². The van der Waals surface area contributed by atoms with Crippen LogP contribution in [0.4, 0.5) is 11.5 Å². The first-order valence-electron chi connectivity index (χ1n) is 9.27. The number of benzene rings is 2. The summed E-state index contributed by atoms with van der Waals surface area (Å²) in [6, 6.07) is 17.6. The Hall–Kier alpha value is -2.92. The summed E-state index contributed by atoms with van der Waals surface area (Å²) in [6.07, 6.45) is 1.33. The second kappa shape index (κ2) is 8.64. The predicted molar refractivity (Wildman–Crippen MR) is 109 cm³/mol. The van der Waals surface area contributed by atoms with Gasteiger partial charge in [-0.25, -0.2) is 4.98 Å². The average molecular weight is 363 g/mol. The smallest absolute Gasteiger partial charge is 0.323 e. The number of anilines is 2. The molecular weight excluding hydrogens is 338 g/mol. The van der Waals surface area contributed by atoms with E-state index in [0.29, 0.717) is 13.0 Å². The maximum atomic E-state index is 11.7. The fourth-order valence-electron chi connectivity index (χ4n) is 2.98. The SMILES string of the molecule is CCOC(=O)[C@@H](N)Cc1ccc(Nc2nc(CC)cc3ccccc23)cc1. The minimum absolute atomic E-state index is 0.340. The molecule has 3 aromatic rings. The van der Waals surface area contributed by atoms with Crippen molar-refractivity contribution >= 4 is 28.2 Å². The summed E-state index contributed by atoms with van der Waals surface area (Å²) < 4.78 is 4.96. The van der Waals surface area contributed by atoms with Crippen molar-refractivity contribution in [2.75, 3.05) is 11.9 Å². The van der Waals surface area contributed by atoms with Crippen LogP contribution in [-0.2, 0) is 22.4 Å². The van der Waals surface area contributed by atoms with Gasteiger partial charge in [0, 0.05) is 16.8 Å². The number of nitrogens with zero attached hydrogens (tertiary/aromatic N) is 1. The third-order valence-corrected chi connectivity index (χ3v) is 4.42. The van der Waals surface area contributed by atoms with Crippen LogP contribution in [0.1, 0.15) is 25.1 Å². The van der Waals surface area contributed by atoms with Crippen LogP contribution >= 0.6 is 0 Å². The van der Waals surface area contributed by atoms with Gasteiger partial charge in [-0.3, -0.25) is 4.79 Å². The van der Waals surface area contributed by atoms with Crippen molar-refractivity contribution < 1.29 is 9.53 Å². The van der Waals surface area contributed by atoms with Crippen LogP contribution in [0.25, 0.3) is 10.8 Å². The molecule has 140 valence electrons. The maximum absolute atomic E-state index is 11.7. The largest absolute Gasteiger partial charge is 0.465 e. The Bertz CT molecular complexity index is 922. The lowest BCUT2D eigenvalue weighted by Crippen LogP contribution is -2.34. The second-order valence-corrected chi connectivity index (χ2v) is 6.42. The van der Waals surface area contributed by atoms with Crippen LogP contribution in [0.15, 0.2) is 54.6 Å². The molecule has 1 atom stereocenters. The molecule has 3 N–H and O–H groups in total. The van der Waals surface area contributed by atoms with Crippen LogP contribution in [-0.4, -0.2) is 23.6 Å². The number of esters is 1. The number of carbonyl (C=O) groups excluding carboxylic acids is 1. The van der Waals surface area contributed by atoms with Crippen LogP contribution in [0.2, 0.25) is 0 Å². The number of hydrogen-bond donors (Lipinski definition) is 2. The van der Waals surface area contributed by atoms with E-state index in [1.54, 1.807) is 6.92 Å². The fraction of sp³-hybridized carbons (Fsp3) is 0.273. The van der Waals surface area contributed by atoms with Crippen LogP contribution in [0.5, 0.6) is 0 Å². The molecule has 0 aliphatic carbocycles. The molecule has 0 saturated carbocycles. The van der Waals surface area contributed by atoms with Crippen LogP contribution < -0.4 is 11.1 Å². The molecule has 0 fully saturated rings. The zero-order valence-corrected chi connectivity index (χ0v) is 15.7. The summed E-state index contributed by atoms with van der Waals surface area (Å²) in [5, 5.41) is 5.67. The zero-order valence-electron chi connectivity index (χ0n) is 15.7. The number of pyridine rings is 1. The number of rotatable bonds is 7. The minimum Gasteiger partial charge on any atom is -0.465 e. The highest BCUT2D eigenvalue weighted by atomic mass is 16.5. The van der Waals surface area contributed by atoms with E-state index in [-0.39, 0.29) is 5.97 Å². The van der Waals surface area contributed by atoms with Gasteiger partial charge in [-0.15, -0.1) is 0 Å². The Morgan fingerprint density at radius 2 is 1.89 bits per heavy atom. The number of nitrogens with two attached hydrogens (primary N) is 1. The first-order chi connectivity index (χ1) is 13.1. The second-order valence-electron chi connectivity index (χ2n) is 6.42. The number of aromatic nitrogens is 1. The lowest BCUT2D eigenvalue weighted by molar-refractivity contribution is -0.144. The molecule has 0 amide bonds. The number of fused-ring (bicyclic) bond motifs is 1. The molecule has 0 bridgehead atoms. The van der Waals surface area contributed by atoms with Crippen LogP contribution in [0, 0.1) is 0 Å². The molecule has 0 aliphatic heterocycles. The summed E-state index contributed by atoms with van der Waals surface area (Å²) in [5.41, 5.74) is 8.87. The van der Waals surface area contributed by atoms with Gasteiger partial charge in [-0.05, 0) is 48.9 Å². The first kappa shape index (κ1) is 18.9. The van der Waals surface area contributed by atoms with Gasteiger partial charge in [0.05, 0.1) is 6.61 Å². The van der Waals surface area contributed by atoms with Crippen molar-refractivity contribution in [3.05, 3.63) is 65.9 Å². The third kappa shape index (κ3) is 4.63. The monoisotopic (exact) mass is 363 g/mol. The Balaban J connectivity index is 1.77. The van der Waals surface area contributed by atoms with E-state index in [1.807, 2.05) is 36.4 Å². The number of carbonyl (C=O) groups is 1. The highest BCUT2D eigenvalue weighted by molar-refractivity contribution is 5.93. The van der Waals surface area contributed by atoms with Crippen molar-refractivity contribution in [3.8, 4) is 0 Å². The first-order valence-corrected chi connectivity index (χ1v) is 9.27. The minimum atomic E-state index is -0.643. The summed E-state index contributed by atoms with van der Waals surface area (Å²) in [7, 11) is 0. The fourth-order valence-corrected chi connectivity index (χ4v) is 2.98. The maximum Gasteiger partial charge on any atom is 0.323 e. The van der Waals surface area contributed by atoms with Gasteiger partial charge in [0.1, 0.15) is 11.9 Å². The van der Waals surface area contributed by atoms with Gasteiger partial charge >= 0.3 is 5.97 Å². The zero-order chi connectivity index (χ0) is 19.2. The molecular formula is C22H25N3O2. The molecule has 1 heterocycles. The Morgan fingerprint density at radius 3 is 2.59 bits per heavy atom. The quantitative estimate of drug-likeness (QED) is 0.621. The van der Waals surface area contributed by atoms with Gasteiger partial charge in [0.15, 0.2) is 0 Å². The normalized spacial score (nSPS) is 12.0. The third-order valence-electron chi connectivity index (χ3n) is 4.42. The van der Waals surface area contributed by atoms with Crippen molar-refractivity contribution in [2.24, 2.45) is 5.73 Å². The number of nitrogens with one attached hydrogen (secondary N) is 1.